The number of thioether (sulfide) groups is 1. The summed E-state index contributed by atoms with van der Waals surface area (Å²) in [7, 11) is 0. The molecule has 0 saturated carbocycles. The normalized spacial score (nSPS) is 12.5. The summed E-state index contributed by atoms with van der Waals surface area (Å²) in [6.45, 7) is 6.52. The second kappa shape index (κ2) is 8.23. The van der Waals surface area contributed by atoms with Gasteiger partial charge in [-0.3, -0.25) is 4.79 Å². The Kier molecular flexibility index (Phi) is 6.95. The molecule has 2 N–H and O–H groups in total. The van der Waals surface area contributed by atoms with Crippen molar-refractivity contribution in [3.8, 4) is 0 Å². The molecule has 0 heterocycles. The van der Waals surface area contributed by atoms with E-state index in [4.69, 9.17) is 0 Å². The van der Waals surface area contributed by atoms with Gasteiger partial charge in [0, 0.05) is 11.4 Å². The third kappa shape index (κ3) is 6.12. The van der Waals surface area contributed by atoms with Crippen LogP contribution in [-0.4, -0.2) is 29.4 Å². The fourth-order valence-electron chi connectivity index (χ4n) is 1.61. The Morgan fingerprint density at radius 3 is 2.68 bits per heavy atom. The van der Waals surface area contributed by atoms with Crippen molar-refractivity contribution >= 4 is 17.7 Å². The van der Waals surface area contributed by atoms with E-state index in [0.717, 1.165) is 4.90 Å². The molecule has 1 amide bonds. The molecule has 1 unspecified atom stereocenters. The zero-order chi connectivity index (χ0) is 14.3. The van der Waals surface area contributed by atoms with Gasteiger partial charge in [0.05, 0.1) is 11.9 Å². The minimum absolute atomic E-state index is 0.0178. The molecule has 0 saturated heterocycles. The highest BCUT2D eigenvalue weighted by Crippen LogP contribution is 2.21. The average molecular weight is 281 g/mol. The molecule has 1 aromatic carbocycles. The summed E-state index contributed by atoms with van der Waals surface area (Å²) >= 11 is 1.55. The molecule has 3 nitrogen and oxygen atoms in total. The summed E-state index contributed by atoms with van der Waals surface area (Å²) < 4.78 is 0. The largest absolute Gasteiger partial charge is 0.393 e. The Hall–Kier alpha value is -1.00. The van der Waals surface area contributed by atoms with Crippen LogP contribution in [0.4, 0.5) is 0 Å². The van der Waals surface area contributed by atoms with Gasteiger partial charge in [-0.2, -0.15) is 0 Å². The summed E-state index contributed by atoms with van der Waals surface area (Å²) in [6, 6.07) is 8.04. The highest BCUT2D eigenvalue weighted by molar-refractivity contribution is 8.00. The molecule has 0 aliphatic rings. The van der Waals surface area contributed by atoms with E-state index in [1.54, 1.807) is 11.8 Å². The summed E-state index contributed by atoms with van der Waals surface area (Å²) in [6.07, 6.45) is 0.266. The van der Waals surface area contributed by atoms with Crippen molar-refractivity contribution < 1.29 is 9.90 Å². The van der Waals surface area contributed by atoms with E-state index in [1.807, 2.05) is 45.0 Å². The van der Waals surface area contributed by atoms with Crippen molar-refractivity contribution in [3.05, 3.63) is 29.8 Å². The maximum Gasteiger partial charge on any atom is 0.230 e. The lowest BCUT2D eigenvalue weighted by atomic mass is 10.0. The fraction of sp³-hybridized carbons (Fsp3) is 0.533. The molecule has 1 aromatic rings. The van der Waals surface area contributed by atoms with E-state index in [-0.39, 0.29) is 17.9 Å². The highest BCUT2D eigenvalue weighted by Gasteiger charge is 2.09. The Labute approximate surface area is 119 Å². The van der Waals surface area contributed by atoms with Gasteiger partial charge in [0.25, 0.3) is 0 Å². The Morgan fingerprint density at radius 2 is 2.05 bits per heavy atom. The molecule has 0 radical (unpaired) electrons. The van der Waals surface area contributed by atoms with Gasteiger partial charge < -0.3 is 10.4 Å². The number of hydrogen-bond acceptors (Lipinski definition) is 3. The number of carbonyl (C=O) groups excluding carboxylic acids is 1. The van der Waals surface area contributed by atoms with Gasteiger partial charge in [0.1, 0.15) is 0 Å². The van der Waals surface area contributed by atoms with E-state index in [0.29, 0.717) is 18.7 Å². The van der Waals surface area contributed by atoms with Crippen LogP contribution in [0.3, 0.4) is 0 Å². The summed E-state index contributed by atoms with van der Waals surface area (Å²) in [5.41, 5.74) is 1.19. The van der Waals surface area contributed by atoms with Gasteiger partial charge >= 0.3 is 0 Å². The number of benzene rings is 1. The molecular formula is C15H23NO2S. The van der Waals surface area contributed by atoms with Crippen molar-refractivity contribution in [2.75, 3.05) is 12.3 Å². The topological polar surface area (TPSA) is 49.3 Å². The summed E-state index contributed by atoms with van der Waals surface area (Å²) in [4.78, 5) is 12.8. The molecule has 0 aromatic heterocycles. The van der Waals surface area contributed by atoms with Crippen molar-refractivity contribution in [2.45, 2.75) is 38.2 Å². The third-order valence-electron chi connectivity index (χ3n) is 2.98. The molecule has 106 valence electrons. The Bertz CT molecular complexity index is 407. The van der Waals surface area contributed by atoms with Crippen LogP contribution in [0.5, 0.6) is 0 Å². The molecule has 0 fully saturated rings. The first-order valence-electron chi connectivity index (χ1n) is 6.64. The van der Waals surface area contributed by atoms with E-state index < -0.39 is 0 Å². The van der Waals surface area contributed by atoms with Crippen LogP contribution in [0.2, 0.25) is 0 Å². The van der Waals surface area contributed by atoms with Crippen LogP contribution in [0.15, 0.2) is 29.2 Å². The predicted octanol–water partition coefficient (Wildman–Crippen LogP) is 2.61. The summed E-state index contributed by atoms with van der Waals surface area (Å²) in [5.74, 6) is 0.672. The smallest absolute Gasteiger partial charge is 0.230 e. The van der Waals surface area contributed by atoms with E-state index >= 15 is 0 Å². The van der Waals surface area contributed by atoms with E-state index in [1.165, 1.54) is 5.56 Å². The second-order valence-corrected chi connectivity index (χ2v) is 6.02. The number of rotatable bonds is 7. The fourth-order valence-corrected chi connectivity index (χ4v) is 2.46. The van der Waals surface area contributed by atoms with Crippen LogP contribution in [0.25, 0.3) is 0 Å². The molecule has 0 aliphatic carbocycles. The third-order valence-corrected chi connectivity index (χ3v) is 4.16. The summed E-state index contributed by atoms with van der Waals surface area (Å²) in [5, 5.41) is 12.5. The zero-order valence-corrected chi connectivity index (χ0v) is 12.7. The van der Waals surface area contributed by atoms with Crippen molar-refractivity contribution in [3.63, 3.8) is 0 Å². The van der Waals surface area contributed by atoms with Gasteiger partial charge in [-0.1, -0.05) is 32.0 Å². The maximum atomic E-state index is 11.7. The molecule has 4 heteroatoms. The first kappa shape index (κ1) is 16.1. The van der Waals surface area contributed by atoms with Gasteiger partial charge in [-0.25, -0.2) is 0 Å². The highest BCUT2D eigenvalue weighted by atomic mass is 32.2. The molecule has 0 bridgehead atoms. The molecule has 0 spiro atoms. The minimum Gasteiger partial charge on any atom is -0.393 e. The number of aliphatic hydroxyl groups excluding tert-OH is 1. The van der Waals surface area contributed by atoms with Gasteiger partial charge in [-0.05, 0) is 30.9 Å². The Morgan fingerprint density at radius 1 is 1.37 bits per heavy atom. The monoisotopic (exact) mass is 281 g/mol. The van der Waals surface area contributed by atoms with Crippen LogP contribution < -0.4 is 5.32 Å². The van der Waals surface area contributed by atoms with E-state index in [2.05, 4.69) is 5.32 Å². The SMILES string of the molecule is Cc1ccccc1SCC(=O)NCCC(O)C(C)C. The van der Waals surface area contributed by atoms with Crippen LogP contribution in [0, 0.1) is 12.8 Å². The second-order valence-electron chi connectivity index (χ2n) is 5.00. The van der Waals surface area contributed by atoms with Crippen molar-refractivity contribution in [1.82, 2.24) is 5.32 Å². The molecular weight excluding hydrogens is 258 g/mol. The quantitative estimate of drug-likeness (QED) is 0.755. The zero-order valence-electron chi connectivity index (χ0n) is 11.8. The van der Waals surface area contributed by atoms with Crippen LogP contribution in [0.1, 0.15) is 25.8 Å². The maximum absolute atomic E-state index is 11.7. The minimum atomic E-state index is -0.343. The van der Waals surface area contributed by atoms with Gasteiger partial charge in [0.15, 0.2) is 0 Å². The lowest BCUT2D eigenvalue weighted by molar-refractivity contribution is -0.118. The first-order valence-corrected chi connectivity index (χ1v) is 7.62. The first-order chi connectivity index (χ1) is 9.00. The standard InChI is InChI=1S/C15H23NO2S/c1-11(2)13(17)8-9-16-15(18)10-19-14-7-5-4-6-12(14)3/h4-7,11,13,17H,8-10H2,1-3H3,(H,16,18). The number of nitrogens with one attached hydrogen (secondary N) is 1. The van der Waals surface area contributed by atoms with Crippen LogP contribution in [-0.2, 0) is 4.79 Å². The average Bonchev–Trinajstić information content (AvgIpc) is 2.37. The predicted molar refractivity (Wildman–Crippen MR) is 80.4 cm³/mol. The number of hydrogen-bond donors (Lipinski definition) is 2. The lowest BCUT2D eigenvalue weighted by Crippen LogP contribution is -2.29. The number of amides is 1. The number of carbonyl (C=O) groups is 1. The number of aliphatic hydroxyl groups is 1. The molecule has 0 aliphatic heterocycles. The molecule has 1 rings (SSSR count). The van der Waals surface area contributed by atoms with Crippen LogP contribution >= 0.6 is 11.8 Å². The van der Waals surface area contributed by atoms with Crippen molar-refractivity contribution in [1.29, 1.82) is 0 Å². The number of aryl methyl sites for hydroxylation is 1. The van der Waals surface area contributed by atoms with E-state index in [9.17, 15) is 9.90 Å². The van der Waals surface area contributed by atoms with Gasteiger partial charge in [-0.15, -0.1) is 11.8 Å². The Balaban J connectivity index is 2.24. The van der Waals surface area contributed by atoms with Gasteiger partial charge in [0.2, 0.25) is 5.91 Å². The van der Waals surface area contributed by atoms with Crippen molar-refractivity contribution in [2.24, 2.45) is 5.92 Å². The lowest BCUT2D eigenvalue weighted by Gasteiger charge is -2.14. The molecule has 19 heavy (non-hydrogen) atoms. The molecule has 1 atom stereocenters.